The van der Waals surface area contributed by atoms with Crippen LogP contribution in [0.4, 0.5) is 5.69 Å². The Labute approximate surface area is 152 Å². The second kappa shape index (κ2) is 8.02. The molecule has 2 rings (SSSR count). The van der Waals surface area contributed by atoms with Gasteiger partial charge in [-0.2, -0.15) is 5.26 Å². The number of halogens is 3. The molecule has 1 amide bonds. The molecule has 2 aromatic rings. The lowest BCUT2D eigenvalue weighted by atomic mass is 10.2. The van der Waals surface area contributed by atoms with E-state index in [9.17, 15) is 9.59 Å². The SMILES string of the molecule is N#Cc1ccc(Cl)cc1NC(=O)COC(=O)c1cc(Cl)ccc1Cl. The van der Waals surface area contributed by atoms with Gasteiger partial charge in [-0.3, -0.25) is 4.79 Å². The van der Waals surface area contributed by atoms with Crippen LogP contribution in [0.2, 0.25) is 15.1 Å². The Morgan fingerprint density at radius 2 is 1.75 bits per heavy atom. The summed E-state index contributed by atoms with van der Waals surface area (Å²) in [6, 6.07) is 10.7. The Morgan fingerprint density at radius 3 is 2.46 bits per heavy atom. The second-order valence-electron chi connectivity index (χ2n) is 4.55. The van der Waals surface area contributed by atoms with E-state index in [1.807, 2.05) is 6.07 Å². The number of amides is 1. The zero-order valence-electron chi connectivity index (χ0n) is 12.0. The Bertz CT molecular complexity index is 847. The third-order valence-electron chi connectivity index (χ3n) is 2.86. The maximum absolute atomic E-state index is 11.9. The number of ether oxygens (including phenoxy) is 1. The smallest absolute Gasteiger partial charge is 0.340 e. The molecule has 0 saturated heterocycles. The molecule has 0 aromatic heterocycles. The second-order valence-corrected chi connectivity index (χ2v) is 5.83. The monoisotopic (exact) mass is 382 g/mol. The highest BCUT2D eigenvalue weighted by atomic mass is 35.5. The van der Waals surface area contributed by atoms with Crippen molar-refractivity contribution in [3.05, 3.63) is 62.6 Å². The zero-order chi connectivity index (χ0) is 17.7. The highest BCUT2D eigenvalue weighted by Crippen LogP contribution is 2.22. The van der Waals surface area contributed by atoms with Gasteiger partial charge in [0, 0.05) is 10.0 Å². The third-order valence-corrected chi connectivity index (χ3v) is 3.66. The number of hydrogen-bond acceptors (Lipinski definition) is 4. The van der Waals surface area contributed by atoms with Crippen molar-refractivity contribution in [2.24, 2.45) is 0 Å². The largest absolute Gasteiger partial charge is 0.452 e. The van der Waals surface area contributed by atoms with Gasteiger partial charge in [0.15, 0.2) is 6.61 Å². The summed E-state index contributed by atoms with van der Waals surface area (Å²) in [6.07, 6.45) is 0. The van der Waals surface area contributed by atoms with E-state index in [0.717, 1.165) is 0 Å². The average Bonchev–Trinajstić information content (AvgIpc) is 2.55. The van der Waals surface area contributed by atoms with Crippen LogP contribution in [0.3, 0.4) is 0 Å². The first-order valence-corrected chi connectivity index (χ1v) is 7.66. The molecule has 0 radical (unpaired) electrons. The predicted molar refractivity (Wildman–Crippen MR) is 91.5 cm³/mol. The molecule has 5 nitrogen and oxygen atoms in total. The van der Waals surface area contributed by atoms with E-state index >= 15 is 0 Å². The van der Waals surface area contributed by atoms with Gasteiger partial charge in [0.25, 0.3) is 5.91 Å². The van der Waals surface area contributed by atoms with Crippen LogP contribution < -0.4 is 5.32 Å². The minimum atomic E-state index is -0.788. The maximum atomic E-state index is 11.9. The molecule has 0 aliphatic carbocycles. The number of nitrogens with one attached hydrogen (secondary N) is 1. The van der Waals surface area contributed by atoms with E-state index in [-0.39, 0.29) is 21.8 Å². The molecule has 0 aliphatic heterocycles. The molecular weight excluding hydrogens is 375 g/mol. The summed E-state index contributed by atoms with van der Waals surface area (Å²) >= 11 is 17.5. The van der Waals surface area contributed by atoms with E-state index in [2.05, 4.69) is 5.32 Å². The van der Waals surface area contributed by atoms with E-state index in [0.29, 0.717) is 10.0 Å². The lowest BCUT2D eigenvalue weighted by molar-refractivity contribution is -0.119. The average molecular weight is 384 g/mol. The van der Waals surface area contributed by atoms with Gasteiger partial charge >= 0.3 is 5.97 Å². The van der Waals surface area contributed by atoms with E-state index in [1.165, 1.54) is 36.4 Å². The van der Waals surface area contributed by atoms with Crippen molar-refractivity contribution < 1.29 is 14.3 Å². The van der Waals surface area contributed by atoms with Gasteiger partial charge in [-0.25, -0.2) is 4.79 Å². The summed E-state index contributed by atoms with van der Waals surface area (Å²) in [5.74, 6) is -1.41. The van der Waals surface area contributed by atoms with Gasteiger partial charge in [0.1, 0.15) is 6.07 Å². The Morgan fingerprint density at radius 1 is 1.08 bits per heavy atom. The van der Waals surface area contributed by atoms with Crippen molar-refractivity contribution in [1.29, 1.82) is 5.26 Å². The summed E-state index contributed by atoms with van der Waals surface area (Å²) in [7, 11) is 0. The van der Waals surface area contributed by atoms with E-state index < -0.39 is 18.5 Å². The zero-order valence-corrected chi connectivity index (χ0v) is 14.2. The summed E-state index contributed by atoms with van der Waals surface area (Å²) in [5.41, 5.74) is 0.515. The molecule has 0 spiro atoms. The summed E-state index contributed by atoms with van der Waals surface area (Å²) in [4.78, 5) is 23.8. The molecular formula is C16H9Cl3N2O3. The van der Waals surface area contributed by atoms with Gasteiger partial charge in [-0.15, -0.1) is 0 Å². The Kier molecular flexibility index (Phi) is 6.04. The number of anilines is 1. The van der Waals surface area contributed by atoms with Crippen molar-refractivity contribution in [1.82, 2.24) is 0 Å². The van der Waals surface area contributed by atoms with E-state index in [4.69, 9.17) is 44.8 Å². The van der Waals surface area contributed by atoms with Crippen LogP contribution in [0.1, 0.15) is 15.9 Å². The standard InChI is InChI=1S/C16H9Cl3N2O3/c17-10-3-4-13(19)12(5-10)16(23)24-8-15(22)21-14-6-11(18)2-1-9(14)7-20/h1-6H,8H2,(H,21,22). The molecule has 2 aromatic carbocycles. The highest BCUT2D eigenvalue weighted by Gasteiger charge is 2.15. The highest BCUT2D eigenvalue weighted by molar-refractivity contribution is 6.35. The molecule has 1 N–H and O–H groups in total. The molecule has 0 heterocycles. The summed E-state index contributed by atoms with van der Waals surface area (Å²) < 4.78 is 4.89. The number of rotatable bonds is 4. The Hall–Kier alpha value is -2.26. The molecule has 0 atom stereocenters. The number of nitriles is 1. The molecule has 122 valence electrons. The van der Waals surface area contributed by atoms with Crippen molar-refractivity contribution in [3.8, 4) is 6.07 Å². The fraction of sp³-hybridized carbons (Fsp3) is 0.0625. The van der Waals surface area contributed by atoms with Crippen LogP contribution in [-0.4, -0.2) is 18.5 Å². The molecule has 24 heavy (non-hydrogen) atoms. The topological polar surface area (TPSA) is 79.2 Å². The lowest BCUT2D eigenvalue weighted by Gasteiger charge is -2.09. The number of benzene rings is 2. The number of nitrogens with zero attached hydrogens (tertiary/aromatic N) is 1. The molecule has 0 bridgehead atoms. The fourth-order valence-corrected chi connectivity index (χ4v) is 2.31. The summed E-state index contributed by atoms with van der Waals surface area (Å²) in [5, 5.41) is 12.3. The summed E-state index contributed by atoms with van der Waals surface area (Å²) in [6.45, 7) is -0.556. The lowest BCUT2D eigenvalue weighted by Crippen LogP contribution is -2.21. The molecule has 0 fully saturated rings. The minimum Gasteiger partial charge on any atom is -0.452 e. The normalized spacial score (nSPS) is 9.92. The van der Waals surface area contributed by atoms with Crippen LogP contribution in [0.15, 0.2) is 36.4 Å². The van der Waals surface area contributed by atoms with E-state index in [1.54, 1.807) is 0 Å². The van der Waals surface area contributed by atoms with Crippen molar-refractivity contribution in [2.45, 2.75) is 0 Å². The van der Waals surface area contributed by atoms with Gasteiger partial charge in [-0.1, -0.05) is 34.8 Å². The van der Waals surface area contributed by atoms with Gasteiger partial charge in [0.2, 0.25) is 0 Å². The van der Waals surface area contributed by atoms with Gasteiger partial charge in [0.05, 0.1) is 21.8 Å². The first-order chi connectivity index (χ1) is 11.4. The van der Waals surface area contributed by atoms with Crippen LogP contribution >= 0.6 is 34.8 Å². The molecule has 0 unspecified atom stereocenters. The van der Waals surface area contributed by atoms with Crippen LogP contribution in [0.25, 0.3) is 0 Å². The number of carbonyl (C=O) groups is 2. The first-order valence-electron chi connectivity index (χ1n) is 6.52. The molecule has 0 saturated carbocycles. The number of hydrogen-bond donors (Lipinski definition) is 1. The molecule has 0 aliphatic rings. The van der Waals surface area contributed by atoms with Crippen molar-refractivity contribution >= 4 is 52.4 Å². The third kappa shape index (κ3) is 4.62. The maximum Gasteiger partial charge on any atom is 0.340 e. The van der Waals surface area contributed by atoms with Crippen molar-refractivity contribution in [2.75, 3.05) is 11.9 Å². The minimum absolute atomic E-state index is 0.0532. The van der Waals surface area contributed by atoms with Gasteiger partial charge < -0.3 is 10.1 Å². The Balaban J connectivity index is 2.01. The van der Waals surface area contributed by atoms with Crippen LogP contribution in [0.5, 0.6) is 0 Å². The van der Waals surface area contributed by atoms with Crippen LogP contribution in [0, 0.1) is 11.3 Å². The fourth-order valence-electron chi connectivity index (χ4n) is 1.77. The van der Waals surface area contributed by atoms with Crippen LogP contribution in [-0.2, 0) is 9.53 Å². The molecule has 8 heteroatoms. The quantitative estimate of drug-likeness (QED) is 0.798. The number of carbonyl (C=O) groups excluding carboxylic acids is 2. The predicted octanol–water partition coefficient (Wildman–Crippen LogP) is 4.31. The van der Waals surface area contributed by atoms with Gasteiger partial charge in [-0.05, 0) is 36.4 Å². The number of esters is 1. The van der Waals surface area contributed by atoms with Crippen molar-refractivity contribution in [3.63, 3.8) is 0 Å². The first kappa shape index (κ1) is 18.1.